The molecular weight excluding hydrogens is 354 g/mol. The van der Waals surface area contributed by atoms with Crippen molar-refractivity contribution in [3.05, 3.63) is 88.5 Å². The zero-order valence-corrected chi connectivity index (χ0v) is 16.6. The molecule has 0 radical (unpaired) electrons. The molecule has 0 saturated carbocycles. The van der Waals surface area contributed by atoms with Crippen molar-refractivity contribution in [1.29, 1.82) is 0 Å². The van der Waals surface area contributed by atoms with Gasteiger partial charge in [0, 0.05) is 11.3 Å². The summed E-state index contributed by atoms with van der Waals surface area (Å²) in [5, 5.41) is 3.27. The minimum absolute atomic E-state index is 0.243. The number of hydrogen-bond acceptors (Lipinski definition) is 5. The van der Waals surface area contributed by atoms with E-state index in [1.54, 1.807) is 0 Å². The van der Waals surface area contributed by atoms with Gasteiger partial charge in [-0.1, -0.05) is 48.5 Å². The third kappa shape index (κ3) is 4.19. The van der Waals surface area contributed by atoms with E-state index in [0.29, 0.717) is 12.4 Å². The highest BCUT2D eigenvalue weighted by molar-refractivity contribution is 5.63. The third-order valence-corrected chi connectivity index (χ3v) is 4.86. The fourth-order valence-electron chi connectivity index (χ4n) is 3.30. The lowest BCUT2D eigenvalue weighted by Crippen LogP contribution is -2.26. The zero-order valence-electron chi connectivity index (χ0n) is 16.6. The first-order valence-corrected chi connectivity index (χ1v) is 9.18. The number of hydrogen-bond donors (Lipinski definition) is 1. The predicted molar refractivity (Wildman–Crippen MR) is 108 cm³/mol. The number of dihydropyridines is 1. The van der Waals surface area contributed by atoms with Crippen LogP contribution in [0.2, 0.25) is 0 Å². The topological polar surface area (TPSA) is 56.8 Å². The highest BCUT2D eigenvalue weighted by atomic mass is 16.7. The molecule has 0 saturated heterocycles. The van der Waals surface area contributed by atoms with E-state index in [2.05, 4.69) is 5.32 Å². The van der Waals surface area contributed by atoms with E-state index >= 15 is 0 Å². The monoisotopic (exact) mass is 379 g/mol. The molecule has 5 nitrogen and oxygen atoms in total. The molecule has 146 valence electrons. The molecule has 2 aromatic rings. The first kappa shape index (κ1) is 19.5. The van der Waals surface area contributed by atoms with Crippen LogP contribution in [-0.2, 0) is 16.1 Å². The standard InChI is InChI=1S/C23H25NO4/c1-15-16(2)24-17(3)22(28-23(25)26-4)21(15)19-12-8-9-13-20(19)27-14-18-10-6-5-7-11-18/h5-13,21,24H,14H2,1-4H3. The SMILES string of the molecule is COC(=O)OC1=C(C)NC(C)=C(C)C1c1ccccc1OCc1ccccc1. The van der Waals surface area contributed by atoms with Gasteiger partial charge in [0.25, 0.3) is 0 Å². The molecule has 0 aliphatic carbocycles. The van der Waals surface area contributed by atoms with Gasteiger partial charge in [-0.05, 0) is 38.0 Å². The van der Waals surface area contributed by atoms with E-state index < -0.39 is 6.16 Å². The van der Waals surface area contributed by atoms with E-state index in [4.69, 9.17) is 14.2 Å². The van der Waals surface area contributed by atoms with E-state index in [0.717, 1.165) is 33.8 Å². The van der Waals surface area contributed by atoms with E-state index in [9.17, 15) is 4.79 Å². The fraction of sp³-hybridized carbons (Fsp3) is 0.261. The van der Waals surface area contributed by atoms with E-state index in [1.165, 1.54) is 7.11 Å². The van der Waals surface area contributed by atoms with Gasteiger partial charge in [-0.25, -0.2) is 4.79 Å². The summed E-state index contributed by atoms with van der Waals surface area (Å²) in [6.45, 7) is 6.37. The van der Waals surface area contributed by atoms with Gasteiger partial charge in [0.1, 0.15) is 18.1 Å². The van der Waals surface area contributed by atoms with Crippen LogP contribution in [0.1, 0.15) is 37.8 Å². The quantitative estimate of drug-likeness (QED) is 0.718. The van der Waals surface area contributed by atoms with Crippen LogP contribution < -0.4 is 10.1 Å². The Morgan fingerprint density at radius 2 is 1.64 bits per heavy atom. The molecule has 0 amide bonds. The second-order valence-corrected chi connectivity index (χ2v) is 6.72. The smallest absolute Gasteiger partial charge is 0.489 e. The Morgan fingerprint density at radius 3 is 2.36 bits per heavy atom. The molecule has 0 bridgehead atoms. The summed E-state index contributed by atoms with van der Waals surface area (Å²) in [6, 6.07) is 17.8. The van der Waals surface area contributed by atoms with Crippen LogP contribution in [0, 0.1) is 0 Å². The first-order valence-electron chi connectivity index (χ1n) is 9.18. The van der Waals surface area contributed by atoms with Crippen LogP contribution in [0.3, 0.4) is 0 Å². The number of carbonyl (C=O) groups excluding carboxylic acids is 1. The minimum Gasteiger partial charge on any atom is -0.489 e. The Labute approximate surface area is 165 Å². The number of benzene rings is 2. The molecule has 1 atom stereocenters. The average molecular weight is 379 g/mol. The van der Waals surface area contributed by atoms with Crippen LogP contribution in [0.25, 0.3) is 0 Å². The molecule has 5 heteroatoms. The second-order valence-electron chi connectivity index (χ2n) is 6.72. The molecular formula is C23H25NO4. The van der Waals surface area contributed by atoms with Crippen molar-refractivity contribution in [2.75, 3.05) is 7.11 Å². The average Bonchev–Trinajstić information content (AvgIpc) is 2.71. The lowest BCUT2D eigenvalue weighted by atomic mass is 9.85. The van der Waals surface area contributed by atoms with Gasteiger partial charge >= 0.3 is 6.16 Å². The summed E-state index contributed by atoms with van der Waals surface area (Å²) >= 11 is 0. The largest absolute Gasteiger partial charge is 0.513 e. The van der Waals surface area contributed by atoms with Crippen molar-refractivity contribution in [3.8, 4) is 5.75 Å². The third-order valence-electron chi connectivity index (χ3n) is 4.86. The Morgan fingerprint density at radius 1 is 0.964 bits per heavy atom. The highest BCUT2D eigenvalue weighted by Gasteiger charge is 2.32. The van der Waals surface area contributed by atoms with Crippen LogP contribution in [0.4, 0.5) is 4.79 Å². The van der Waals surface area contributed by atoms with Crippen molar-refractivity contribution in [1.82, 2.24) is 5.32 Å². The summed E-state index contributed by atoms with van der Waals surface area (Å²) < 4.78 is 16.4. The first-order chi connectivity index (χ1) is 13.5. The predicted octanol–water partition coefficient (Wildman–Crippen LogP) is 5.26. The normalized spacial score (nSPS) is 16.5. The number of nitrogens with one attached hydrogen (secondary N) is 1. The van der Waals surface area contributed by atoms with Crippen molar-refractivity contribution in [2.24, 2.45) is 0 Å². The fourth-order valence-corrected chi connectivity index (χ4v) is 3.30. The van der Waals surface area contributed by atoms with E-state index in [-0.39, 0.29) is 5.92 Å². The molecule has 1 aliphatic heterocycles. The van der Waals surface area contributed by atoms with Crippen molar-refractivity contribution in [3.63, 3.8) is 0 Å². The molecule has 0 spiro atoms. The Bertz CT molecular complexity index is 915. The molecule has 0 aromatic heterocycles. The Kier molecular flexibility index (Phi) is 6.04. The van der Waals surface area contributed by atoms with Crippen molar-refractivity contribution in [2.45, 2.75) is 33.3 Å². The molecule has 28 heavy (non-hydrogen) atoms. The molecule has 0 fully saturated rings. The van der Waals surface area contributed by atoms with Gasteiger partial charge in [-0.3, -0.25) is 0 Å². The van der Waals surface area contributed by atoms with Crippen molar-refractivity contribution >= 4 is 6.16 Å². The second kappa shape index (κ2) is 8.65. The number of allylic oxidation sites excluding steroid dienone is 3. The summed E-state index contributed by atoms with van der Waals surface area (Å²) in [5.74, 6) is 1.03. The zero-order chi connectivity index (χ0) is 20.1. The van der Waals surface area contributed by atoms with Gasteiger partial charge in [0.2, 0.25) is 0 Å². The number of rotatable bonds is 5. The lowest BCUT2D eigenvalue weighted by Gasteiger charge is -2.30. The van der Waals surface area contributed by atoms with Gasteiger partial charge < -0.3 is 19.5 Å². The summed E-state index contributed by atoms with van der Waals surface area (Å²) in [7, 11) is 1.30. The maximum atomic E-state index is 11.8. The minimum atomic E-state index is -0.740. The van der Waals surface area contributed by atoms with Gasteiger partial charge in [-0.15, -0.1) is 0 Å². The van der Waals surface area contributed by atoms with Crippen LogP contribution >= 0.6 is 0 Å². The number of para-hydroxylation sites is 1. The highest BCUT2D eigenvalue weighted by Crippen LogP contribution is 2.42. The summed E-state index contributed by atoms with van der Waals surface area (Å²) in [6.07, 6.45) is -0.740. The summed E-state index contributed by atoms with van der Waals surface area (Å²) in [5.41, 5.74) is 4.88. The maximum absolute atomic E-state index is 11.8. The van der Waals surface area contributed by atoms with E-state index in [1.807, 2.05) is 75.4 Å². The molecule has 1 aliphatic rings. The van der Waals surface area contributed by atoms with Crippen LogP contribution in [-0.4, -0.2) is 13.3 Å². The van der Waals surface area contributed by atoms with Crippen LogP contribution in [0.15, 0.2) is 77.3 Å². The number of ether oxygens (including phenoxy) is 3. The molecule has 1 heterocycles. The summed E-state index contributed by atoms with van der Waals surface area (Å²) in [4.78, 5) is 11.8. The maximum Gasteiger partial charge on any atom is 0.513 e. The molecule has 1 unspecified atom stereocenters. The van der Waals surface area contributed by atoms with Gasteiger partial charge in [-0.2, -0.15) is 0 Å². The molecule has 2 aromatic carbocycles. The molecule has 3 rings (SSSR count). The number of methoxy groups -OCH3 is 1. The van der Waals surface area contributed by atoms with Crippen molar-refractivity contribution < 1.29 is 19.0 Å². The lowest BCUT2D eigenvalue weighted by molar-refractivity contribution is 0.0919. The Balaban J connectivity index is 1.97. The van der Waals surface area contributed by atoms with Crippen LogP contribution in [0.5, 0.6) is 5.75 Å². The number of carbonyl (C=O) groups is 1. The van der Waals surface area contributed by atoms with Gasteiger partial charge in [0.15, 0.2) is 0 Å². The molecule has 1 N–H and O–H groups in total. The Hall–Kier alpha value is -3.21. The van der Waals surface area contributed by atoms with Gasteiger partial charge in [0.05, 0.1) is 18.7 Å².